The summed E-state index contributed by atoms with van der Waals surface area (Å²) < 4.78 is 0. The molecule has 0 aromatic rings. The second-order valence-electron chi connectivity index (χ2n) is 6.16. The maximum absolute atomic E-state index is 11.6. The van der Waals surface area contributed by atoms with Gasteiger partial charge in [-0.25, -0.2) is 0 Å². The van der Waals surface area contributed by atoms with Crippen molar-refractivity contribution >= 4 is 5.91 Å². The van der Waals surface area contributed by atoms with Gasteiger partial charge in [0.15, 0.2) is 0 Å². The summed E-state index contributed by atoms with van der Waals surface area (Å²) in [4.78, 5) is 13.9. The fourth-order valence-corrected chi connectivity index (χ4v) is 2.87. The predicted molar refractivity (Wildman–Crippen MR) is 68.2 cm³/mol. The monoisotopic (exact) mass is 239 g/mol. The van der Waals surface area contributed by atoms with Crippen LogP contribution in [0.25, 0.3) is 0 Å². The van der Waals surface area contributed by atoms with Crippen molar-refractivity contribution in [3.63, 3.8) is 0 Å². The Kier molecular flexibility index (Phi) is 3.46. The van der Waals surface area contributed by atoms with Crippen molar-refractivity contribution in [1.82, 2.24) is 4.90 Å². The van der Waals surface area contributed by atoms with Gasteiger partial charge in [0.2, 0.25) is 5.91 Å². The zero-order valence-corrected chi connectivity index (χ0v) is 11.0. The first-order valence-electron chi connectivity index (χ1n) is 6.74. The summed E-state index contributed by atoms with van der Waals surface area (Å²) in [5.74, 6) is 1.44. The second kappa shape index (κ2) is 4.58. The van der Waals surface area contributed by atoms with E-state index in [2.05, 4.69) is 18.7 Å². The molecular formula is C13H25N3O. The molecule has 2 rings (SSSR count). The van der Waals surface area contributed by atoms with Gasteiger partial charge in [0.05, 0.1) is 0 Å². The van der Waals surface area contributed by atoms with Gasteiger partial charge in [-0.3, -0.25) is 4.79 Å². The molecule has 17 heavy (non-hydrogen) atoms. The summed E-state index contributed by atoms with van der Waals surface area (Å²) in [5.41, 5.74) is 10.9. The first-order chi connectivity index (χ1) is 7.93. The Morgan fingerprint density at radius 3 is 2.41 bits per heavy atom. The minimum atomic E-state index is -0.791. The molecule has 0 aromatic carbocycles. The van der Waals surface area contributed by atoms with Crippen molar-refractivity contribution in [1.29, 1.82) is 0 Å². The van der Waals surface area contributed by atoms with Crippen molar-refractivity contribution in [3.8, 4) is 0 Å². The first kappa shape index (κ1) is 12.8. The molecule has 4 nitrogen and oxygen atoms in total. The summed E-state index contributed by atoms with van der Waals surface area (Å²) >= 11 is 0. The van der Waals surface area contributed by atoms with Crippen molar-refractivity contribution in [2.45, 2.75) is 38.6 Å². The van der Waals surface area contributed by atoms with Crippen LogP contribution in [0.3, 0.4) is 0 Å². The molecule has 1 saturated carbocycles. The summed E-state index contributed by atoms with van der Waals surface area (Å²) in [5, 5.41) is 0. The maximum atomic E-state index is 11.6. The molecule has 2 aliphatic rings. The van der Waals surface area contributed by atoms with E-state index in [-0.39, 0.29) is 5.91 Å². The third-order valence-electron chi connectivity index (χ3n) is 4.67. The van der Waals surface area contributed by atoms with Crippen LogP contribution in [0, 0.1) is 17.8 Å². The number of carbonyl (C=O) groups is 1. The van der Waals surface area contributed by atoms with E-state index in [1.54, 1.807) is 0 Å². The van der Waals surface area contributed by atoms with Gasteiger partial charge in [-0.1, -0.05) is 13.8 Å². The lowest BCUT2D eigenvalue weighted by molar-refractivity contribution is -0.125. The second-order valence-corrected chi connectivity index (χ2v) is 6.16. The molecule has 1 aliphatic carbocycles. The van der Waals surface area contributed by atoms with Crippen LogP contribution in [-0.2, 0) is 4.79 Å². The molecule has 98 valence electrons. The molecule has 0 bridgehead atoms. The summed E-state index contributed by atoms with van der Waals surface area (Å²) in [6, 6.07) is 0. The standard InChI is InChI=1S/C13H25N3O/c1-9-5-6-16(7-10(9)2)8-13(15,12(14)17)11-3-4-11/h9-11H,3-8,15H2,1-2H3,(H2,14,17). The van der Waals surface area contributed by atoms with Crippen molar-refractivity contribution in [2.24, 2.45) is 29.2 Å². The lowest BCUT2D eigenvalue weighted by Crippen LogP contribution is -2.61. The van der Waals surface area contributed by atoms with Crippen LogP contribution in [-0.4, -0.2) is 36.0 Å². The average molecular weight is 239 g/mol. The molecule has 1 heterocycles. The largest absolute Gasteiger partial charge is 0.368 e. The van der Waals surface area contributed by atoms with Gasteiger partial charge in [-0.15, -0.1) is 0 Å². The predicted octanol–water partition coefficient (Wildman–Crippen LogP) is 0.557. The van der Waals surface area contributed by atoms with Crippen LogP contribution in [0.4, 0.5) is 0 Å². The van der Waals surface area contributed by atoms with E-state index in [9.17, 15) is 4.79 Å². The SMILES string of the molecule is CC1CCN(CC(N)(C(N)=O)C2CC2)CC1C. The third-order valence-corrected chi connectivity index (χ3v) is 4.67. The van der Waals surface area contributed by atoms with Gasteiger partial charge in [-0.05, 0) is 43.6 Å². The lowest BCUT2D eigenvalue weighted by atomic mass is 9.86. The number of likely N-dealkylation sites (tertiary alicyclic amines) is 1. The number of rotatable bonds is 4. The highest BCUT2D eigenvalue weighted by molar-refractivity contribution is 5.85. The minimum absolute atomic E-state index is 0.314. The zero-order valence-electron chi connectivity index (χ0n) is 11.0. The molecule has 4 heteroatoms. The Morgan fingerprint density at radius 2 is 1.94 bits per heavy atom. The zero-order chi connectivity index (χ0) is 12.6. The van der Waals surface area contributed by atoms with Gasteiger partial charge in [-0.2, -0.15) is 0 Å². The number of nitrogens with two attached hydrogens (primary N) is 2. The smallest absolute Gasteiger partial charge is 0.239 e. The highest BCUT2D eigenvalue weighted by Crippen LogP contribution is 2.39. The molecule has 4 N–H and O–H groups in total. The number of nitrogens with zero attached hydrogens (tertiary/aromatic N) is 1. The topological polar surface area (TPSA) is 72.3 Å². The fraction of sp³-hybridized carbons (Fsp3) is 0.923. The molecule has 0 aromatic heterocycles. The lowest BCUT2D eigenvalue weighted by Gasteiger charge is -2.39. The number of amides is 1. The molecule has 0 spiro atoms. The van der Waals surface area contributed by atoms with Gasteiger partial charge in [0.1, 0.15) is 5.54 Å². The van der Waals surface area contributed by atoms with E-state index in [0.29, 0.717) is 18.4 Å². The molecular weight excluding hydrogens is 214 g/mol. The first-order valence-corrected chi connectivity index (χ1v) is 6.74. The van der Waals surface area contributed by atoms with Gasteiger partial charge in [0.25, 0.3) is 0 Å². The van der Waals surface area contributed by atoms with Crippen LogP contribution in [0.5, 0.6) is 0 Å². The number of primary amides is 1. The Labute approximate surface area is 104 Å². The van der Waals surface area contributed by atoms with E-state index in [1.807, 2.05) is 0 Å². The molecule has 0 radical (unpaired) electrons. The van der Waals surface area contributed by atoms with Gasteiger partial charge >= 0.3 is 0 Å². The number of piperidine rings is 1. The van der Waals surface area contributed by atoms with Crippen LogP contribution in [0.1, 0.15) is 33.1 Å². The summed E-state index contributed by atoms with van der Waals surface area (Å²) in [6.07, 6.45) is 3.30. The number of hydrogen-bond donors (Lipinski definition) is 2. The molecule has 1 aliphatic heterocycles. The minimum Gasteiger partial charge on any atom is -0.368 e. The van der Waals surface area contributed by atoms with Crippen molar-refractivity contribution in [3.05, 3.63) is 0 Å². The Bertz CT molecular complexity index is 303. The van der Waals surface area contributed by atoms with Crippen LogP contribution < -0.4 is 11.5 Å². The highest BCUT2D eigenvalue weighted by Gasteiger charge is 2.48. The summed E-state index contributed by atoms with van der Waals surface area (Å²) in [6.45, 7) is 7.30. The number of carbonyl (C=O) groups excluding carboxylic acids is 1. The maximum Gasteiger partial charge on any atom is 0.239 e. The van der Waals surface area contributed by atoms with E-state index in [4.69, 9.17) is 11.5 Å². The Morgan fingerprint density at radius 1 is 1.29 bits per heavy atom. The fourth-order valence-electron chi connectivity index (χ4n) is 2.87. The quantitative estimate of drug-likeness (QED) is 0.753. The number of hydrogen-bond acceptors (Lipinski definition) is 3. The van der Waals surface area contributed by atoms with Crippen molar-refractivity contribution < 1.29 is 4.79 Å². The molecule has 1 saturated heterocycles. The molecule has 3 unspecified atom stereocenters. The Hall–Kier alpha value is -0.610. The highest BCUT2D eigenvalue weighted by atomic mass is 16.1. The van der Waals surface area contributed by atoms with E-state index in [0.717, 1.165) is 31.8 Å². The van der Waals surface area contributed by atoms with Crippen molar-refractivity contribution in [2.75, 3.05) is 19.6 Å². The van der Waals surface area contributed by atoms with Crippen LogP contribution in [0.2, 0.25) is 0 Å². The Balaban J connectivity index is 1.97. The van der Waals surface area contributed by atoms with E-state index < -0.39 is 5.54 Å². The normalized spacial score (nSPS) is 34.3. The van der Waals surface area contributed by atoms with E-state index >= 15 is 0 Å². The average Bonchev–Trinajstić information content (AvgIpc) is 3.07. The van der Waals surface area contributed by atoms with Crippen LogP contribution >= 0.6 is 0 Å². The molecule has 2 fully saturated rings. The van der Waals surface area contributed by atoms with Gasteiger partial charge < -0.3 is 16.4 Å². The summed E-state index contributed by atoms with van der Waals surface area (Å²) in [7, 11) is 0. The van der Waals surface area contributed by atoms with Crippen LogP contribution in [0.15, 0.2) is 0 Å². The molecule has 3 atom stereocenters. The molecule has 1 amide bonds. The third kappa shape index (κ3) is 2.63. The van der Waals surface area contributed by atoms with E-state index in [1.165, 1.54) is 6.42 Å². The van der Waals surface area contributed by atoms with Gasteiger partial charge in [0, 0.05) is 13.1 Å².